The van der Waals surface area contributed by atoms with Gasteiger partial charge in [0.15, 0.2) is 0 Å². The third-order valence-electron chi connectivity index (χ3n) is 1.66. The first-order valence-corrected chi connectivity index (χ1v) is 8.82. The van der Waals surface area contributed by atoms with Crippen LogP contribution >= 0.6 is 95.6 Å². The Balaban J connectivity index is 3.47. The van der Waals surface area contributed by atoms with E-state index >= 15 is 0 Å². The Morgan fingerprint density at radius 1 is 1.07 bits per heavy atom. The highest BCUT2D eigenvalue weighted by atomic mass is 79.9. The molecular formula is C8H4Br6. The molecule has 1 aromatic rings. The zero-order valence-corrected chi connectivity index (χ0v) is 16.1. The molecule has 14 heavy (non-hydrogen) atoms. The first kappa shape index (κ1) is 14.2. The summed E-state index contributed by atoms with van der Waals surface area (Å²) in [6, 6.07) is 2.03. The Kier molecular flexibility index (Phi) is 6.22. The van der Waals surface area contributed by atoms with Crippen LogP contribution in [0.15, 0.2) is 19.5 Å². The predicted octanol–water partition coefficient (Wildman–Crippen LogP) is 6.66. The van der Waals surface area contributed by atoms with Crippen molar-refractivity contribution in [2.45, 2.75) is 9.07 Å². The molecule has 0 aliphatic carbocycles. The summed E-state index contributed by atoms with van der Waals surface area (Å²) in [7, 11) is 0. The maximum absolute atomic E-state index is 3.55. The van der Waals surface area contributed by atoms with E-state index in [-0.39, 0.29) is 3.74 Å². The zero-order chi connectivity index (χ0) is 10.9. The lowest BCUT2D eigenvalue weighted by atomic mass is 10.1. The van der Waals surface area contributed by atoms with E-state index in [2.05, 4.69) is 95.6 Å². The zero-order valence-electron chi connectivity index (χ0n) is 6.63. The highest BCUT2D eigenvalue weighted by Gasteiger charge is 2.17. The highest BCUT2D eigenvalue weighted by molar-refractivity contribution is 9.24. The molecule has 1 aromatic carbocycles. The molecule has 0 fully saturated rings. The maximum Gasteiger partial charge on any atom is 0.0960 e. The number of halogens is 6. The van der Waals surface area contributed by atoms with E-state index in [0.717, 1.165) is 18.7 Å². The van der Waals surface area contributed by atoms with Gasteiger partial charge in [0.2, 0.25) is 0 Å². The van der Waals surface area contributed by atoms with Crippen LogP contribution in [-0.4, -0.2) is 0 Å². The number of rotatable bonds is 2. The summed E-state index contributed by atoms with van der Waals surface area (Å²) in [6.45, 7) is 0. The van der Waals surface area contributed by atoms with Crippen LogP contribution in [0.2, 0.25) is 0 Å². The molecule has 0 heterocycles. The van der Waals surface area contributed by atoms with Crippen LogP contribution in [0.3, 0.4) is 0 Å². The fraction of sp³-hybridized carbons (Fsp3) is 0.250. The maximum atomic E-state index is 3.55. The molecule has 0 radical (unpaired) electrons. The Hall–Kier alpha value is 2.10. The molecule has 78 valence electrons. The summed E-state index contributed by atoms with van der Waals surface area (Å²) >= 11 is 21.1. The predicted molar refractivity (Wildman–Crippen MR) is 82.8 cm³/mol. The number of benzene rings is 1. The molecule has 0 aliphatic heterocycles. The smallest absolute Gasteiger partial charge is 0.0876 e. The molecule has 0 amide bonds. The van der Waals surface area contributed by atoms with Crippen molar-refractivity contribution >= 4 is 95.6 Å². The van der Waals surface area contributed by atoms with Crippen molar-refractivity contribution in [1.29, 1.82) is 0 Å². The van der Waals surface area contributed by atoms with E-state index in [1.807, 2.05) is 6.07 Å². The van der Waals surface area contributed by atoms with Gasteiger partial charge in [0.1, 0.15) is 0 Å². The van der Waals surface area contributed by atoms with Gasteiger partial charge >= 0.3 is 0 Å². The van der Waals surface area contributed by atoms with Gasteiger partial charge < -0.3 is 0 Å². The molecule has 0 aromatic heterocycles. The Labute approximate surface area is 133 Å². The van der Waals surface area contributed by atoms with E-state index in [1.54, 1.807) is 0 Å². The largest absolute Gasteiger partial charge is 0.0960 e. The second-order valence-electron chi connectivity index (χ2n) is 2.48. The van der Waals surface area contributed by atoms with Crippen LogP contribution in [-0.2, 0) is 5.33 Å². The minimum Gasteiger partial charge on any atom is -0.0876 e. The molecule has 0 nitrogen and oxygen atoms in total. The Bertz CT molecular complexity index is 346. The molecule has 0 N–H and O–H groups in total. The first-order valence-electron chi connectivity index (χ1n) is 3.49. The first-order chi connectivity index (χ1) is 6.49. The minimum absolute atomic E-state index is 0.140. The van der Waals surface area contributed by atoms with Crippen LogP contribution in [0.25, 0.3) is 0 Å². The van der Waals surface area contributed by atoms with Gasteiger partial charge in [0, 0.05) is 18.7 Å². The van der Waals surface area contributed by atoms with Crippen molar-refractivity contribution in [1.82, 2.24) is 0 Å². The molecule has 0 aliphatic rings. The van der Waals surface area contributed by atoms with E-state index in [4.69, 9.17) is 0 Å². The average molecular weight is 580 g/mol. The van der Waals surface area contributed by atoms with Gasteiger partial charge in [-0.2, -0.15) is 0 Å². The highest BCUT2D eigenvalue weighted by Crippen LogP contribution is 2.43. The quantitative estimate of drug-likeness (QED) is 0.272. The van der Waals surface area contributed by atoms with Crippen LogP contribution < -0.4 is 0 Å². The molecule has 6 heteroatoms. The van der Waals surface area contributed by atoms with Crippen molar-refractivity contribution in [2.75, 3.05) is 0 Å². The van der Waals surface area contributed by atoms with Crippen LogP contribution in [0, 0.1) is 0 Å². The number of hydrogen-bond acceptors (Lipinski definition) is 0. The van der Waals surface area contributed by atoms with Gasteiger partial charge in [0.25, 0.3) is 0 Å². The van der Waals surface area contributed by atoms with Crippen molar-refractivity contribution in [3.8, 4) is 0 Å². The van der Waals surface area contributed by atoms with Gasteiger partial charge in [-0.25, -0.2) is 0 Å². The van der Waals surface area contributed by atoms with Crippen molar-refractivity contribution in [2.24, 2.45) is 0 Å². The second-order valence-corrected chi connectivity index (χ2v) is 8.60. The minimum atomic E-state index is 0.140. The summed E-state index contributed by atoms with van der Waals surface area (Å²) in [5.74, 6) is 0. The van der Waals surface area contributed by atoms with E-state index in [0.29, 0.717) is 0 Å². The van der Waals surface area contributed by atoms with Gasteiger partial charge in [-0.05, 0) is 49.1 Å². The molecule has 0 atom stereocenters. The fourth-order valence-electron chi connectivity index (χ4n) is 1.03. The third-order valence-corrected chi connectivity index (χ3v) is 5.86. The summed E-state index contributed by atoms with van der Waals surface area (Å²) in [5, 5.41) is 0.800. The van der Waals surface area contributed by atoms with E-state index < -0.39 is 0 Å². The number of hydrogen-bond donors (Lipinski definition) is 0. The van der Waals surface area contributed by atoms with Crippen LogP contribution in [0.5, 0.6) is 0 Å². The molecule has 0 spiro atoms. The standard InChI is InChI=1S/C8H4Br6/c9-2-3-6(8(13)14)4(10)1-5(11)7(3)12/h1,8H,2H2. The van der Waals surface area contributed by atoms with Gasteiger partial charge in [-0.15, -0.1) is 0 Å². The molecule has 0 saturated carbocycles. The fourth-order valence-corrected chi connectivity index (χ4v) is 5.59. The summed E-state index contributed by atoms with van der Waals surface area (Å²) in [4.78, 5) is 0. The van der Waals surface area contributed by atoms with Crippen molar-refractivity contribution in [3.05, 3.63) is 30.6 Å². The third kappa shape index (κ3) is 3.06. The van der Waals surface area contributed by atoms with Crippen molar-refractivity contribution < 1.29 is 0 Å². The van der Waals surface area contributed by atoms with E-state index in [9.17, 15) is 0 Å². The van der Waals surface area contributed by atoms with E-state index in [1.165, 1.54) is 11.1 Å². The van der Waals surface area contributed by atoms with Gasteiger partial charge in [-0.3, -0.25) is 0 Å². The summed E-state index contributed by atoms with van der Waals surface area (Å²) in [6.07, 6.45) is 0. The van der Waals surface area contributed by atoms with Crippen LogP contribution in [0.1, 0.15) is 14.9 Å². The lowest BCUT2D eigenvalue weighted by Gasteiger charge is -2.14. The normalized spacial score (nSPS) is 11.1. The molecule has 1 rings (SSSR count). The molecular weight excluding hydrogens is 576 g/mol. The lowest BCUT2D eigenvalue weighted by Crippen LogP contribution is -1.94. The second kappa shape index (κ2) is 6.15. The molecule has 0 saturated heterocycles. The SMILES string of the molecule is BrCc1c(Br)c(Br)cc(Br)c1C(Br)Br. The summed E-state index contributed by atoms with van der Waals surface area (Å²) in [5.41, 5.74) is 2.40. The van der Waals surface area contributed by atoms with Gasteiger partial charge in [-0.1, -0.05) is 63.7 Å². The molecule has 0 unspecified atom stereocenters. The number of alkyl halides is 3. The Morgan fingerprint density at radius 2 is 1.64 bits per heavy atom. The Morgan fingerprint density at radius 3 is 2.07 bits per heavy atom. The lowest BCUT2D eigenvalue weighted by molar-refractivity contribution is 1.24. The van der Waals surface area contributed by atoms with Crippen LogP contribution in [0.4, 0.5) is 0 Å². The molecule has 0 bridgehead atoms. The van der Waals surface area contributed by atoms with Gasteiger partial charge in [0.05, 0.1) is 3.74 Å². The average Bonchev–Trinajstić information content (AvgIpc) is 2.09. The topological polar surface area (TPSA) is 0 Å². The summed E-state index contributed by atoms with van der Waals surface area (Å²) < 4.78 is 3.34. The van der Waals surface area contributed by atoms with Crippen molar-refractivity contribution in [3.63, 3.8) is 0 Å². The monoisotopic (exact) mass is 574 g/mol.